The van der Waals surface area contributed by atoms with Crippen molar-refractivity contribution in [3.8, 4) is 11.4 Å². The SMILES string of the molecule is O=C(c1cccc(Cl)c1)N1CCCC(c2nc(-c3ccc(Br)cc3)no2)C1. The summed E-state index contributed by atoms with van der Waals surface area (Å²) in [6.45, 7) is 1.28. The number of rotatable bonds is 3. The molecule has 0 saturated carbocycles. The average molecular weight is 447 g/mol. The summed E-state index contributed by atoms with van der Waals surface area (Å²) in [5.74, 6) is 1.17. The van der Waals surface area contributed by atoms with Gasteiger partial charge in [0.1, 0.15) is 0 Å². The van der Waals surface area contributed by atoms with Gasteiger partial charge in [-0.3, -0.25) is 4.79 Å². The molecule has 0 N–H and O–H groups in total. The van der Waals surface area contributed by atoms with Gasteiger partial charge in [-0.1, -0.05) is 38.8 Å². The van der Waals surface area contributed by atoms with Crippen LogP contribution in [-0.2, 0) is 0 Å². The van der Waals surface area contributed by atoms with Crippen molar-refractivity contribution in [1.29, 1.82) is 0 Å². The van der Waals surface area contributed by atoms with Crippen LogP contribution in [0, 0.1) is 0 Å². The van der Waals surface area contributed by atoms with E-state index in [-0.39, 0.29) is 11.8 Å². The Labute approximate surface area is 170 Å². The van der Waals surface area contributed by atoms with Gasteiger partial charge in [-0.25, -0.2) is 0 Å². The molecule has 5 nitrogen and oxygen atoms in total. The number of amides is 1. The summed E-state index contributed by atoms with van der Waals surface area (Å²) >= 11 is 9.44. The first kappa shape index (κ1) is 18.2. The highest BCUT2D eigenvalue weighted by atomic mass is 79.9. The number of hydrogen-bond donors (Lipinski definition) is 0. The molecule has 4 rings (SSSR count). The van der Waals surface area contributed by atoms with Gasteiger partial charge >= 0.3 is 0 Å². The van der Waals surface area contributed by atoms with Crippen molar-refractivity contribution >= 4 is 33.4 Å². The number of benzene rings is 2. The molecule has 1 amide bonds. The molecule has 0 bridgehead atoms. The maximum Gasteiger partial charge on any atom is 0.253 e. The van der Waals surface area contributed by atoms with Crippen LogP contribution in [-0.4, -0.2) is 34.0 Å². The summed E-state index contributed by atoms with van der Waals surface area (Å²) in [4.78, 5) is 19.2. The van der Waals surface area contributed by atoms with Crippen molar-refractivity contribution in [2.75, 3.05) is 13.1 Å². The van der Waals surface area contributed by atoms with E-state index in [9.17, 15) is 4.79 Å². The first-order chi connectivity index (χ1) is 13.1. The Morgan fingerprint density at radius 3 is 2.81 bits per heavy atom. The van der Waals surface area contributed by atoms with E-state index in [0.29, 0.717) is 28.8 Å². The molecule has 2 aromatic carbocycles. The van der Waals surface area contributed by atoms with Gasteiger partial charge in [-0.05, 0) is 55.3 Å². The van der Waals surface area contributed by atoms with Crippen molar-refractivity contribution in [1.82, 2.24) is 15.0 Å². The molecule has 0 aliphatic carbocycles. The molecule has 138 valence electrons. The van der Waals surface area contributed by atoms with E-state index in [2.05, 4.69) is 26.1 Å². The highest BCUT2D eigenvalue weighted by molar-refractivity contribution is 9.10. The molecule has 1 aliphatic heterocycles. The Morgan fingerprint density at radius 1 is 1.22 bits per heavy atom. The fourth-order valence-corrected chi connectivity index (χ4v) is 3.74. The second kappa shape index (κ2) is 7.82. The van der Waals surface area contributed by atoms with Gasteiger partial charge in [0.05, 0.1) is 5.92 Å². The largest absolute Gasteiger partial charge is 0.339 e. The zero-order chi connectivity index (χ0) is 18.8. The Kier molecular flexibility index (Phi) is 5.27. The molecule has 1 saturated heterocycles. The highest BCUT2D eigenvalue weighted by Gasteiger charge is 2.29. The van der Waals surface area contributed by atoms with E-state index >= 15 is 0 Å². The molecule has 1 atom stereocenters. The van der Waals surface area contributed by atoms with E-state index in [0.717, 1.165) is 29.4 Å². The third kappa shape index (κ3) is 4.06. The van der Waals surface area contributed by atoms with Gasteiger partial charge in [0, 0.05) is 33.7 Å². The molecule has 1 aromatic heterocycles. The van der Waals surface area contributed by atoms with E-state index in [1.807, 2.05) is 29.2 Å². The number of likely N-dealkylation sites (tertiary alicyclic amines) is 1. The van der Waals surface area contributed by atoms with Gasteiger partial charge in [-0.2, -0.15) is 4.98 Å². The van der Waals surface area contributed by atoms with Crippen LogP contribution in [0.25, 0.3) is 11.4 Å². The molecule has 7 heteroatoms. The van der Waals surface area contributed by atoms with E-state index in [1.54, 1.807) is 24.3 Å². The number of carbonyl (C=O) groups excluding carboxylic acids is 1. The average Bonchev–Trinajstić information content (AvgIpc) is 3.18. The minimum atomic E-state index is -0.0187. The number of carbonyl (C=O) groups is 1. The van der Waals surface area contributed by atoms with Gasteiger partial charge in [-0.15, -0.1) is 0 Å². The first-order valence-corrected chi connectivity index (χ1v) is 9.91. The van der Waals surface area contributed by atoms with Crippen LogP contribution >= 0.6 is 27.5 Å². The number of halogens is 2. The zero-order valence-corrected chi connectivity index (χ0v) is 16.8. The van der Waals surface area contributed by atoms with Crippen LogP contribution in [0.2, 0.25) is 5.02 Å². The molecule has 1 fully saturated rings. The molecule has 1 unspecified atom stereocenters. The molecule has 27 heavy (non-hydrogen) atoms. The monoisotopic (exact) mass is 445 g/mol. The second-order valence-electron chi connectivity index (χ2n) is 6.56. The Hall–Kier alpha value is -2.18. The number of nitrogens with zero attached hydrogens (tertiary/aromatic N) is 3. The lowest BCUT2D eigenvalue weighted by molar-refractivity contribution is 0.0695. The summed E-state index contributed by atoms with van der Waals surface area (Å²) < 4.78 is 6.51. The van der Waals surface area contributed by atoms with Crippen molar-refractivity contribution in [3.05, 3.63) is 69.5 Å². The maximum atomic E-state index is 12.8. The lowest BCUT2D eigenvalue weighted by Gasteiger charge is -2.31. The fourth-order valence-electron chi connectivity index (χ4n) is 3.28. The van der Waals surface area contributed by atoms with Gasteiger partial charge in [0.15, 0.2) is 0 Å². The highest BCUT2D eigenvalue weighted by Crippen LogP contribution is 2.29. The normalized spacial score (nSPS) is 17.1. The molecular formula is C20H17BrClN3O2. The van der Waals surface area contributed by atoms with Crippen LogP contribution < -0.4 is 0 Å². The van der Waals surface area contributed by atoms with Crippen molar-refractivity contribution < 1.29 is 9.32 Å². The summed E-state index contributed by atoms with van der Waals surface area (Å²) in [6.07, 6.45) is 1.81. The van der Waals surface area contributed by atoms with Crippen molar-refractivity contribution in [3.63, 3.8) is 0 Å². The minimum absolute atomic E-state index is 0.0187. The maximum absolute atomic E-state index is 12.8. The van der Waals surface area contributed by atoms with Crippen LogP contribution in [0.1, 0.15) is 35.0 Å². The Morgan fingerprint density at radius 2 is 2.04 bits per heavy atom. The van der Waals surface area contributed by atoms with Crippen LogP contribution in [0.15, 0.2) is 57.5 Å². The third-order valence-corrected chi connectivity index (χ3v) is 5.44. The molecular weight excluding hydrogens is 430 g/mol. The number of hydrogen-bond acceptors (Lipinski definition) is 4. The molecule has 3 aromatic rings. The van der Waals surface area contributed by atoms with Gasteiger partial charge in [0.25, 0.3) is 5.91 Å². The van der Waals surface area contributed by atoms with Crippen LogP contribution in [0.5, 0.6) is 0 Å². The molecule has 0 radical (unpaired) electrons. The first-order valence-electron chi connectivity index (χ1n) is 8.74. The lowest BCUT2D eigenvalue weighted by atomic mass is 9.97. The molecule has 0 spiro atoms. The standard InChI is InChI=1S/C20H17BrClN3O2/c21-16-8-6-13(7-9-16)18-23-19(27-24-18)15-4-2-10-25(12-15)20(26)14-3-1-5-17(22)11-14/h1,3,5-9,11,15H,2,4,10,12H2. The van der Waals surface area contributed by atoms with Gasteiger partial charge < -0.3 is 9.42 Å². The molecule has 1 aliphatic rings. The topological polar surface area (TPSA) is 59.2 Å². The van der Waals surface area contributed by atoms with Crippen molar-refractivity contribution in [2.45, 2.75) is 18.8 Å². The summed E-state index contributed by atoms with van der Waals surface area (Å²) in [5.41, 5.74) is 1.50. The number of aromatic nitrogens is 2. The van der Waals surface area contributed by atoms with Crippen molar-refractivity contribution in [2.24, 2.45) is 0 Å². The van der Waals surface area contributed by atoms with Gasteiger partial charge in [0.2, 0.25) is 11.7 Å². The fraction of sp³-hybridized carbons (Fsp3) is 0.250. The number of piperidine rings is 1. The summed E-state index contributed by atoms with van der Waals surface area (Å²) in [5, 5.41) is 4.67. The van der Waals surface area contributed by atoms with E-state index < -0.39 is 0 Å². The van der Waals surface area contributed by atoms with Crippen LogP contribution in [0.4, 0.5) is 0 Å². The Bertz CT molecular complexity index is 958. The zero-order valence-electron chi connectivity index (χ0n) is 14.4. The summed E-state index contributed by atoms with van der Waals surface area (Å²) in [6, 6.07) is 14.8. The lowest BCUT2D eigenvalue weighted by Crippen LogP contribution is -2.39. The molecule has 2 heterocycles. The third-order valence-electron chi connectivity index (χ3n) is 4.67. The van der Waals surface area contributed by atoms with E-state index in [1.165, 1.54) is 0 Å². The minimum Gasteiger partial charge on any atom is -0.339 e. The predicted molar refractivity (Wildman–Crippen MR) is 107 cm³/mol. The smallest absolute Gasteiger partial charge is 0.253 e. The second-order valence-corrected chi connectivity index (χ2v) is 7.92. The predicted octanol–water partition coefficient (Wildman–Crippen LogP) is 5.17. The van der Waals surface area contributed by atoms with Crippen LogP contribution in [0.3, 0.4) is 0 Å². The summed E-state index contributed by atoms with van der Waals surface area (Å²) in [7, 11) is 0. The quantitative estimate of drug-likeness (QED) is 0.557. The Balaban J connectivity index is 1.50. The van der Waals surface area contributed by atoms with E-state index in [4.69, 9.17) is 16.1 Å².